The van der Waals surface area contributed by atoms with Crippen molar-refractivity contribution < 1.29 is 14.5 Å². The summed E-state index contributed by atoms with van der Waals surface area (Å²) in [6.07, 6.45) is 3.33. The highest BCUT2D eigenvalue weighted by Gasteiger charge is 2.46. The quantitative estimate of drug-likeness (QED) is 0.487. The molecule has 0 aliphatic heterocycles. The monoisotopic (exact) mass is 253 g/mol. The Morgan fingerprint density at radius 1 is 1.72 bits per heavy atom. The lowest BCUT2D eigenvalue weighted by atomic mass is 9.78. The lowest BCUT2D eigenvalue weighted by Gasteiger charge is -2.28. The summed E-state index contributed by atoms with van der Waals surface area (Å²) in [4.78, 5) is 22.2. The van der Waals surface area contributed by atoms with Crippen LogP contribution in [-0.4, -0.2) is 33.7 Å². The fraction of sp³-hybridized carbons (Fsp3) is 0.636. The van der Waals surface area contributed by atoms with Crippen molar-refractivity contribution in [3.63, 3.8) is 0 Å². The Bertz CT molecular complexity index is 471. The number of hydrogen-bond acceptors (Lipinski definition) is 5. The number of esters is 1. The SMILES string of the molecule is COC(=O)CCC1([N+](=O)[O-])CCc2cn[nH]c2C1. The topological polar surface area (TPSA) is 98.1 Å². The van der Waals surface area contributed by atoms with Crippen LogP contribution in [-0.2, 0) is 22.4 Å². The molecule has 0 fully saturated rings. The summed E-state index contributed by atoms with van der Waals surface area (Å²) in [5.41, 5.74) is 0.765. The molecular weight excluding hydrogens is 238 g/mol. The first-order chi connectivity index (χ1) is 8.57. The summed E-state index contributed by atoms with van der Waals surface area (Å²) < 4.78 is 4.54. The van der Waals surface area contributed by atoms with E-state index in [1.54, 1.807) is 6.20 Å². The standard InChI is InChI=1S/C11H15N3O4/c1-18-10(15)3-5-11(14(16)17)4-2-8-7-12-13-9(8)6-11/h7H,2-6H2,1H3,(H,12,13). The minimum atomic E-state index is -1.08. The van der Waals surface area contributed by atoms with Gasteiger partial charge in [-0.15, -0.1) is 0 Å². The molecule has 0 saturated carbocycles. The van der Waals surface area contributed by atoms with E-state index in [9.17, 15) is 14.9 Å². The van der Waals surface area contributed by atoms with Crippen LogP contribution in [0, 0.1) is 10.1 Å². The van der Waals surface area contributed by atoms with E-state index < -0.39 is 11.5 Å². The first kappa shape index (κ1) is 12.5. The first-order valence-corrected chi connectivity index (χ1v) is 5.80. The van der Waals surface area contributed by atoms with Gasteiger partial charge in [-0.3, -0.25) is 20.0 Å². The first-order valence-electron chi connectivity index (χ1n) is 5.80. The van der Waals surface area contributed by atoms with Gasteiger partial charge in [-0.1, -0.05) is 0 Å². The van der Waals surface area contributed by atoms with Gasteiger partial charge in [-0.25, -0.2) is 0 Å². The van der Waals surface area contributed by atoms with Gasteiger partial charge in [0, 0.05) is 23.5 Å². The molecule has 0 spiro atoms. The van der Waals surface area contributed by atoms with Crippen LogP contribution < -0.4 is 0 Å². The lowest BCUT2D eigenvalue weighted by molar-refractivity contribution is -0.573. The minimum absolute atomic E-state index is 0.0704. The van der Waals surface area contributed by atoms with E-state index in [-0.39, 0.29) is 17.8 Å². The highest BCUT2D eigenvalue weighted by molar-refractivity contribution is 5.69. The Hall–Kier alpha value is -1.92. The summed E-state index contributed by atoms with van der Waals surface area (Å²) >= 11 is 0. The number of aromatic amines is 1. The van der Waals surface area contributed by atoms with E-state index in [2.05, 4.69) is 14.9 Å². The zero-order chi connectivity index (χ0) is 13.2. The summed E-state index contributed by atoms with van der Waals surface area (Å²) in [5.74, 6) is -0.411. The molecule has 2 rings (SSSR count). The van der Waals surface area contributed by atoms with Crippen molar-refractivity contribution in [2.45, 2.75) is 37.6 Å². The molecule has 1 aliphatic carbocycles. The van der Waals surface area contributed by atoms with Crippen LogP contribution in [0.3, 0.4) is 0 Å². The maximum atomic E-state index is 11.3. The maximum Gasteiger partial charge on any atom is 0.305 e. The predicted molar refractivity (Wildman–Crippen MR) is 61.6 cm³/mol. The third kappa shape index (κ3) is 2.20. The molecule has 1 atom stereocenters. The van der Waals surface area contributed by atoms with Crippen molar-refractivity contribution in [2.24, 2.45) is 0 Å². The third-order valence-corrected chi connectivity index (χ3v) is 3.58. The number of aryl methyl sites for hydroxylation is 1. The second kappa shape index (κ2) is 4.75. The summed E-state index contributed by atoms with van der Waals surface area (Å²) in [7, 11) is 1.29. The van der Waals surface area contributed by atoms with Gasteiger partial charge in [-0.2, -0.15) is 5.10 Å². The van der Waals surface area contributed by atoms with Gasteiger partial charge in [0.25, 0.3) is 0 Å². The van der Waals surface area contributed by atoms with Crippen LogP contribution in [0.5, 0.6) is 0 Å². The average molecular weight is 253 g/mol. The number of nitrogens with one attached hydrogen (secondary N) is 1. The number of methoxy groups -OCH3 is 1. The maximum absolute atomic E-state index is 11.3. The molecule has 0 aromatic carbocycles. The molecule has 1 aromatic rings. The molecule has 0 radical (unpaired) electrons. The molecule has 1 aromatic heterocycles. The molecule has 18 heavy (non-hydrogen) atoms. The van der Waals surface area contributed by atoms with E-state index in [0.717, 1.165) is 11.3 Å². The van der Waals surface area contributed by atoms with Crippen LogP contribution in [0.1, 0.15) is 30.5 Å². The van der Waals surface area contributed by atoms with Gasteiger partial charge >= 0.3 is 5.97 Å². The Morgan fingerprint density at radius 3 is 3.17 bits per heavy atom. The Balaban J connectivity index is 2.14. The molecule has 1 aliphatic rings. The van der Waals surface area contributed by atoms with Gasteiger partial charge in [0.05, 0.1) is 26.1 Å². The van der Waals surface area contributed by atoms with Crippen LogP contribution in [0.2, 0.25) is 0 Å². The van der Waals surface area contributed by atoms with Gasteiger partial charge in [0.2, 0.25) is 5.54 Å². The van der Waals surface area contributed by atoms with Gasteiger partial charge in [-0.05, 0) is 12.0 Å². The van der Waals surface area contributed by atoms with Crippen molar-refractivity contribution >= 4 is 5.97 Å². The summed E-state index contributed by atoms with van der Waals surface area (Å²) in [5, 5.41) is 18.0. The fourth-order valence-electron chi connectivity index (χ4n) is 2.39. The molecule has 0 bridgehead atoms. The normalized spacial score (nSPS) is 22.3. The van der Waals surface area contributed by atoms with E-state index in [0.29, 0.717) is 19.3 Å². The fourth-order valence-corrected chi connectivity index (χ4v) is 2.39. The van der Waals surface area contributed by atoms with Crippen molar-refractivity contribution in [1.82, 2.24) is 10.2 Å². The Kier molecular flexibility index (Phi) is 3.31. The Morgan fingerprint density at radius 2 is 2.50 bits per heavy atom. The summed E-state index contributed by atoms with van der Waals surface area (Å²) in [6.45, 7) is 0. The zero-order valence-electron chi connectivity index (χ0n) is 10.1. The number of carbonyl (C=O) groups excluding carboxylic acids is 1. The number of rotatable bonds is 4. The van der Waals surface area contributed by atoms with E-state index in [1.807, 2.05) is 0 Å². The molecule has 0 saturated heterocycles. The van der Waals surface area contributed by atoms with Gasteiger partial charge in [0.1, 0.15) is 0 Å². The van der Waals surface area contributed by atoms with Gasteiger partial charge < -0.3 is 4.74 Å². The number of hydrogen-bond donors (Lipinski definition) is 1. The van der Waals surface area contributed by atoms with Crippen molar-refractivity contribution in [1.29, 1.82) is 0 Å². The van der Waals surface area contributed by atoms with Crippen LogP contribution in [0.4, 0.5) is 0 Å². The van der Waals surface area contributed by atoms with Crippen LogP contribution >= 0.6 is 0 Å². The highest BCUT2D eigenvalue weighted by atomic mass is 16.6. The zero-order valence-corrected chi connectivity index (χ0v) is 10.1. The average Bonchev–Trinajstić information content (AvgIpc) is 2.82. The number of ether oxygens (including phenoxy) is 1. The number of carbonyl (C=O) groups is 1. The lowest BCUT2D eigenvalue weighted by Crippen LogP contribution is -2.44. The largest absolute Gasteiger partial charge is 0.469 e. The van der Waals surface area contributed by atoms with Crippen molar-refractivity contribution in [2.75, 3.05) is 7.11 Å². The van der Waals surface area contributed by atoms with E-state index in [1.165, 1.54) is 7.11 Å². The van der Waals surface area contributed by atoms with E-state index in [4.69, 9.17) is 0 Å². The molecule has 7 nitrogen and oxygen atoms in total. The second-order valence-corrected chi connectivity index (χ2v) is 4.61. The molecule has 1 N–H and O–H groups in total. The number of aromatic nitrogens is 2. The smallest absolute Gasteiger partial charge is 0.305 e. The molecule has 1 heterocycles. The molecular formula is C11H15N3O4. The van der Waals surface area contributed by atoms with E-state index >= 15 is 0 Å². The summed E-state index contributed by atoms with van der Waals surface area (Å²) in [6, 6.07) is 0. The number of H-pyrrole nitrogens is 1. The number of fused-ring (bicyclic) bond motifs is 1. The second-order valence-electron chi connectivity index (χ2n) is 4.61. The molecule has 98 valence electrons. The molecule has 1 unspecified atom stereocenters. The van der Waals surface area contributed by atoms with Gasteiger partial charge in [0.15, 0.2) is 0 Å². The van der Waals surface area contributed by atoms with Crippen molar-refractivity contribution in [3.05, 3.63) is 27.6 Å². The van der Waals surface area contributed by atoms with Crippen LogP contribution in [0.25, 0.3) is 0 Å². The Labute approximate surface area is 104 Å². The predicted octanol–water partition coefficient (Wildman–Crippen LogP) is 0.867. The number of nitrogens with zero attached hydrogens (tertiary/aromatic N) is 2. The third-order valence-electron chi connectivity index (χ3n) is 3.58. The highest BCUT2D eigenvalue weighted by Crippen LogP contribution is 2.33. The van der Waals surface area contributed by atoms with Crippen molar-refractivity contribution in [3.8, 4) is 0 Å². The minimum Gasteiger partial charge on any atom is -0.469 e. The van der Waals surface area contributed by atoms with Crippen LogP contribution in [0.15, 0.2) is 6.20 Å². The number of nitro groups is 1. The molecule has 7 heteroatoms. The molecule has 0 amide bonds.